The number of ether oxygens (including phenoxy) is 1. The van der Waals surface area contributed by atoms with Crippen LogP contribution in [0.5, 0.6) is 5.75 Å². The Labute approximate surface area is 183 Å². The molecular formula is C23H19ClFN3O3. The zero-order valence-corrected chi connectivity index (χ0v) is 17.3. The number of hydrogen-bond acceptors (Lipinski definition) is 4. The lowest BCUT2D eigenvalue weighted by Crippen LogP contribution is -2.21. The number of carbonyl (C=O) groups excluding carboxylic acids is 2. The average Bonchev–Trinajstić information content (AvgIpc) is 2.77. The van der Waals surface area contributed by atoms with Gasteiger partial charge in [0.1, 0.15) is 11.6 Å². The zero-order chi connectivity index (χ0) is 22.2. The second-order valence-electron chi connectivity index (χ2n) is 6.52. The van der Waals surface area contributed by atoms with Crippen LogP contribution in [0.4, 0.5) is 10.1 Å². The Hall–Kier alpha value is -3.71. The number of anilines is 1. The minimum absolute atomic E-state index is 0.164. The summed E-state index contributed by atoms with van der Waals surface area (Å²) < 4.78 is 18.7. The quantitative estimate of drug-likeness (QED) is 0.415. The molecule has 0 saturated carbocycles. The number of nitrogens with one attached hydrogen (secondary N) is 2. The molecule has 0 bridgehead atoms. The molecular weight excluding hydrogens is 421 g/mol. The van der Waals surface area contributed by atoms with Crippen LogP contribution in [0.25, 0.3) is 0 Å². The molecule has 3 aromatic rings. The van der Waals surface area contributed by atoms with E-state index in [1.54, 1.807) is 55.5 Å². The van der Waals surface area contributed by atoms with Gasteiger partial charge in [-0.1, -0.05) is 29.8 Å². The summed E-state index contributed by atoms with van der Waals surface area (Å²) in [7, 11) is 0. The highest BCUT2D eigenvalue weighted by Crippen LogP contribution is 2.16. The van der Waals surface area contributed by atoms with Crippen LogP contribution in [0.1, 0.15) is 22.8 Å². The Morgan fingerprint density at radius 1 is 1.00 bits per heavy atom. The number of amides is 2. The number of benzene rings is 3. The van der Waals surface area contributed by atoms with Gasteiger partial charge in [-0.25, -0.2) is 9.82 Å². The second kappa shape index (κ2) is 10.4. The van der Waals surface area contributed by atoms with Crippen LogP contribution in [0.2, 0.25) is 5.02 Å². The fourth-order valence-corrected chi connectivity index (χ4v) is 2.72. The van der Waals surface area contributed by atoms with E-state index in [2.05, 4.69) is 15.8 Å². The van der Waals surface area contributed by atoms with E-state index in [1.165, 1.54) is 18.2 Å². The van der Waals surface area contributed by atoms with Crippen LogP contribution in [0, 0.1) is 5.82 Å². The monoisotopic (exact) mass is 439 g/mol. The van der Waals surface area contributed by atoms with Gasteiger partial charge in [-0.2, -0.15) is 5.10 Å². The largest absolute Gasteiger partial charge is 0.484 e. The zero-order valence-electron chi connectivity index (χ0n) is 16.6. The third kappa shape index (κ3) is 6.65. The van der Waals surface area contributed by atoms with Crippen LogP contribution in [0.3, 0.4) is 0 Å². The van der Waals surface area contributed by atoms with E-state index in [9.17, 15) is 14.0 Å². The summed E-state index contributed by atoms with van der Waals surface area (Å²) in [6.07, 6.45) is 0. The summed E-state index contributed by atoms with van der Waals surface area (Å²) in [6, 6.07) is 19.0. The van der Waals surface area contributed by atoms with Gasteiger partial charge in [-0.05, 0) is 67.1 Å². The van der Waals surface area contributed by atoms with Crippen LogP contribution in [-0.4, -0.2) is 24.1 Å². The lowest BCUT2D eigenvalue weighted by atomic mass is 10.1. The molecule has 2 N–H and O–H groups in total. The molecule has 3 aromatic carbocycles. The number of carbonyl (C=O) groups is 2. The maximum Gasteiger partial charge on any atom is 0.271 e. The number of rotatable bonds is 7. The van der Waals surface area contributed by atoms with E-state index in [0.717, 1.165) is 6.07 Å². The Balaban J connectivity index is 1.58. The Morgan fingerprint density at radius 3 is 2.45 bits per heavy atom. The maximum atomic E-state index is 13.2. The molecule has 0 aliphatic heterocycles. The first-order valence-corrected chi connectivity index (χ1v) is 9.67. The first kappa shape index (κ1) is 22.0. The van der Waals surface area contributed by atoms with E-state index < -0.39 is 11.7 Å². The number of nitrogens with zero attached hydrogens (tertiary/aromatic N) is 1. The van der Waals surface area contributed by atoms with Crippen molar-refractivity contribution in [3.63, 3.8) is 0 Å². The van der Waals surface area contributed by atoms with Crippen molar-refractivity contribution >= 4 is 34.8 Å². The van der Waals surface area contributed by atoms with Crippen molar-refractivity contribution in [2.24, 2.45) is 5.10 Å². The predicted molar refractivity (Wildman–Crippen MR) is 118 cm³/mol. The predicted octanol–water partition coefficient (Wildman–Crippen LogP) is 4.65. The molecule has 0 aromatic heterocycles. The first-order valence-electron chi connectivity index (χ1n) is 9.29. The number of hydrogen-bond donors (Lipinski definition) is 2. The third-order valence-corrected chi connectivity index (χ3v) is 4.41. The molecule has 0 radical (unpaired) electrons. The summed E-state index contributed by atoms with van der Waals surface area (Å²) in [4.78, 5) is 24.2. The van der Waals surface area contributed by atoms with Gasteiger partial charge in [-0.3, -0.25) is 9.59 Å². The van der Waals surface area contributed by atoms with Gasteiger partial charge in [0.25, 0.3) is 11.8 Å². The van der Waals surface area contributed by atoms with Crippen molar-refractivity contribution < 1.29 is 18.7 Å². The molecule has 0 aliphatic rings. The Morgan fingerprint density at radius 2 is 1.71 bits per heavy atom. The van der Waals surface area contributed by atoms with Crippen molar-refractivity contribution in [3.05, 3.63) is 94.8 Å². The highest BCUT2D eigenvalue weighted by molar-refractivity contribution is 6.30. The van der Waals surface area contributed by atoms with Gasteiger partial charge < -0.3 is 10.1 Å². The summed E-state index contributed by atoms with van der Waals surface area (Å²) in [5.41, 5.74) is 4.31. The normalized spacial score (nSPS) is 11.0. The molecule has 0 fully saturated rings. The van der Waals surface area contributed by atoms with E-state index in [-0.39, 0.29) is 18.1 Å². The van der Waals surface area contributed by atoms with Crippen LogP contribution in [0.15, 0.2) is 77.9 Å². The van der Waals surface area contributed by atoms with Gasteiger partial charge in [-0.15, -0.1) is 0 Å². The fourth-order valence-electron chi connectivity index (χ4n) is 2.59. The highest BCUT2D eigenvalue weighted by Gasteiger charge is 2.08. The summed E-state index contributed by atoms with van der Waals surface area (Å²) >= 11 is 5.82. The topological polar surface area (TPSA) is 79.8 Å². The standard InChI is InChI=1S/C23H19ClFN3O3/c1-15(27-28-23(30)17-5-2-6-19(25)12-17)16-4-3-7-20(13-16)26-22(29)14-31-21-10-8-18(24)9-11-21/h2-13H,14H2,1H3,(H,26,29)(H,28,30)/b27-15+. The molecule has 0 atom stereocenters. The molecule has 0 saturated heterocycles. The molecule has 2 amide bonds. The molecule has 0 aliphatic carbocycles. The number of hydrazone groups is 1. The van der Waals surface area contributed by atoms with Crippen molar-refractivity contribution in [3.8, 4) is 5.75 Å². The molecule has 0 spiro atoms. The van der Waals surface area contributed by atoms with E-state index in [0.29, 0.717) is 27.7 Å². The first-order chi connectivity index (χ1) is 14.9. The van der Waals surface area contributed by atoms with Crippen molar-refractivity contribution in [2.75, 3.05) is 11.9 Å². The lowest BCUT2D eigenvalue weighted by molar-refractivity contribution is -0.118. The lowest BCUT2D eigenvalue weighted by Gasteiger charge is -2.09. The summed E-state index contributed by atoms with van der Waals surface area (Å²) in [5, 5.41) is 7.37. The highest BCUT2D eigenvalue weighted by atomic mass is 35.5. The van der Waals surface area contributed by atoms with E-state index in [4.69, 9.17) is 16.3 Å². The fraction of sp³-hybridized carbons (Fsp3) is 0.0870. The Kier molecular flexibility index (Phi) is 7.35. The number of halogens is 2. The minimum atomic E-state index is -0.525. The van der Waals surface area contributed by atoms with Crippen LogP contribution < -0.4 is 15.5 Å². The minimum Gasteiger partial charge on any atom is -0.484 e. The van der Waals surface area contributed by atoms with Gasteiger partial charge in [0.2, 0.25) is 0 Å². The van der Waals surface area contributed by atoms with E-state index >= 15 is 0 Å². The molecule has 31 heavy (non-hydrogen) atoms. The van der Waals surface area contributed by atoms with Gasteiger partial charge in [0.15, 0.2) is 6.61 Å². The molecule has 0 unspecified atom stereocenters. The van der Waals surface area contributed by atoms with Crippen LogP contribution in [-0.2, 0) is 4.79 Å². The molecule has 0 heterocycles. The Bertz CT molecular complexity index is 1120. The molecule has 8 heteroatoms. The maximum absolute atomic E-state index is 13.2. The summed E-state index contributed by atoms with van der Waals surface area (Å²) in [6.45, 7) is 1.54. The average molecular weight is 440 g/mol. The van der Waals surface area contributed by atoms with Crippen molar-refractivity contribution in [1.82, 2.24) is 5.43 Å². The van der Waals surface area contributed by atoms with E-state index in [1.807, 2.05) is 0 Å². The second-order valence-corrected chi connectivity index (χ2v) is 6.96. The van der Waals surface area contributed by atoms with Crippen molar-refractivity contribution in [2.45, 2.75) is 6.92 Å². The molecule has 6 nitrogen and oxygen atoms in total. The SMILES string of the molecule is C/C(=N\NC(=O)c1cccc(F)c1)c1cccc(NC(=O)COc2ccc(Cl)cc2)c1. The smallest absolute Gasteiger partial charge is 0.271 e. The molecule has 158 valence electrons. The van der Waals surface area contributed by atoms with Gasteiger partial charge >= 0.3 is 0 Å². The van der Waals surface area contributed by atoms with Crippen LogP contribution >= 0.6 is 11.6 Å². The van der Waals surface area contributed by atoms with Crippen molar-refractivity contribution in [1.29, 1.82) is 0 Å². The summed E-state index contributed by atoms with van der Waals surface area (Å²) in [5.74, 6) is -0.828. The van der Waals surface area contributed by atoms with Gasteiger partial charge in [0, 0.05) is 16.3 Å². The van der Waals surface area contributed by atoms with Gasteiger partial charge in [0.05, 0.1) is 5.71 Å². The molecule has 3 rings (SSSR count). The third-order valence-electron chi connectivity index (χ3n) is 4.16.